The molecule has 1 aliphatic rings. The molecule has 1 atom stereocenters. The van der Waals surface area contributed by atoms with Crippen LogP contribution in [0.15, 0.2) is 53.4 Å². The first-order valence-corrected chi connectivity index (χ1v) is 10.6. The maximum absolute atomic E-state index is 12.4. The van der Waals surface area contributed by atoms with Crippen LogP contribution in [0.3, 0.4) is 0 Å². The summed E-state index contributed by atoms with van der Waals surface area (Å²) in [7, 11) is -2.39. The zero-order chi connectivity index (χ0) is 20.9. The number of nitrogens with one attached hydrogen (secondary N) is 2. The molecule has 1 saturated heterocycles. The molecule has 1 aliphatic heterocycles. The Hall–Kier alpha value is -2.75. The third kappa shape index (κ3) is 5.41. The number of carbonyl (C=O) groups excluding carboxylic acids is 2. The second-order valence-corrected chi connectivity index (χ2v) is 8.30. The van der Waals surface area contributed by atoms with Crippen molar-refractivity contribution in [1.29, 1.82) is 0 Å². The van der Waals surface area contributed by atoms with E-state index in [9.17, 15) is 18.0 Å². The number of ether oxygens (including phenoxy) is 2. The van der Waals surface area contributed by atoms with Gasteiger partial charge in [-0.15, -0.1) is 0 Å². The van der Waals surface area contributed by atoms with E-state index in [-0.39, 0.29) is 28.7 Å². The van der Waals surface area contributed by atoms with Gasteiger partial charge in [0.1, 0.15) is 0 Å². The van der Waals surface area contributed by atoms with Crippen molar-refractivity contribution in [3.63, 3.8) is 0 Å². The summed E-state index contributed by atoms with van der Waals surface area (Å²) in [6, 6.07) is 12.0. The van der Waals surface area contributed by atoms with Crippen LogP contribution in [-0.2, 0) is 19.5 Å². The topological polar surface area (TPSA) is 111 Å². The standard InChI is InChI=1S/C20H22N2O6S/c1-27-20(24)15-5-2-4-14(12-15)19(23)22-16-7-9-18(10-8-16)29(25,26)21-13-17-6-3-11-28-17/h2,4-5,7-10,12,17,21H,3,6,11,13H2,1H3,(H,22,23). The van der Waals surface area contributed by atoms with Crippen molar-refractivity contribution in [2.45, 2.75) is 23.8 Å². The fourth-order valence-electron chi connectivity index (χ4n) is 2.92. The lowest BCUT2D eigenvalue weighted by Gasteiger charge is -2.12. The molecule has 1 unspecified atom stereocenters. The average molecular weight is 418 g/mol. The molecule has 0 spiro atoms. The molecule has 9 heteroatoms. The van der Waals surface area contributed by atoms with Crippen LogP contribution in [0.5, 0.6) is 0 Å². The predicted octanol–water partition coefficient (Wildman–Crippen LogP) is 2.18. The molecule has 8 nitrogen and oxygen atoms in total. The van der Waals surface area contributed by atoms with Gasteiger partial charge in [0.05, 0.1) is 23.7 Å². The van der Waals surface area contributed by atoms with Gasteiger partial charge in [0.15, 0.2) is 0 Å². The highest BCUT2D eigenvalue weighted by molar-refractivity contribution is 7.89. The number of hydrogen-bond donors (Lipinski definition) is 2. The lowest BCUT2D eigenvalue weighted by atomic mass is 10.1. The van der Waals surface area contributed by atoms with Gasteiger partial charge in [-0.1, -0.05) is 6.07 Å². The minimum Gasteiger partial charge on any atom is -0.465 e. The smallest absolute Gasteiger partial charge is 0.337 e. The number of anilines is 1. The average Bonchev–Trinajstić information content (AvgIpc) is 3.26. The summed E-state index contributed by atoms with van der Waals surface area (Å²) in [4.78, 5) is 24.1. The zero-order valence-electron chi connectivity index (χ0n) is 15.9. The van der Waals surface area contributed by atoms with Gasteiger partial charge in [0.2, 0.25) is 10.0 Å². The molecule has 1 amide bonds. The molecule has 0 radical (unpaired) electrons. The van der Waals surface area contributed by atoms with Crippen LogP contribution in [0, 0.1) is 0 Å². The molecule has 2 aromatic rings. The SMILES string of the molecule is COC(=O)c1cccc(C(=O)Nc2ccc(S(=O)(=O)NCC3CCCO3)cc2)c1. The van der Waals surface area contributed by atoms with Gasteiger partial charge in [-0.3, -0.25) is 4.79 Å². The molecule has 2 aromatic carbocycles. The Labute approximate surface area is 169 Å². The fourth-order valence-corrected chi connectivity index (χ4v) is 3.98. The lowest BCUT2D eigenvalue weighted by molar-refractivity contribution is 0.0600. The number of benzene rings is 2. The van der Waals surface area contributed by atoms with Gasteiger partial charge in [0.25, 0.3) is 5.91 Å². The van der Waals surface area contributed by atoms with E-state index in [1.54, 1.807) is 18.2 Å². The second kappa shape index (κ2) is 9.17. The van der Waals surface area contributed by atoms with Gasteiger partial charge >= 0.3 is 5.97 Å². The van der Waals surface area contributed by atoms with Crippen molar-refractivity contribution in [3.05, 3.63) is 59.7 Å². The first-order chi connectivity index (χ1) is 13.9. The summed E-state index contributed by atoms with van der Waals surface area (Å²) in [5.74, 6) is -0.965. The highest BCUT2D eigenvalue weighted by Gasteiger charge is 2.20. The molecule has 1 heterocycles. The zero-order valence-corrected chi connectivity index (χ0v) is 16.7. The maximum Gasteiger partial charge on any atom is 0.337 e. The van der Waals surface area contributed by atoms with Gasteiger partial charge in [-0.25, -0.2) is 17.9 Å². The number of carbonyl (C=O) groups is 2. The Balaban J connectivity index is 1.64. The van der Waals surface area contributed by atoms with Crippen molar-refractivity contribution in [1.82, 2.24) is 4.72 Å². The van der Waals surface area contributed by atoms with E-state index in [4.69, 9.17) is 4.74 Å². The lowest BCUT2D eigenvalue weighted by Crippen LogP contribution is -2.31. The van der Waals surface area contributed by atoms with Crippen LogP contribution < -0.4 is 10.0 Å². The summed E-state index contributed by atoms with van der Waals surface area (Å²) in [5.41, 5.74) is 0.971. The van der Waals surface area contributed by atoms with Crippen molar-refractivity contribution < 1.29 is 27.5 Å². The van der Waals surface area contributed by atoms with E-state index in [0.29, 0.717) is 12.3 Å². The third-order valence-corrected chi connectivity index (χ3v) is 5.93. The third-order valence-electron chi connectivity index (χ3n) is 4.49. The Morgan fingerprint density at radius 2 is 1.86 bits per heavy atom. The Bertz CT molecular complexity index is 982. The Morgan fingerprint density at radius 1 is 1.14 bits per heavy atom. The quantitative estimate of drug-likeness (QED) is 0.667. The summed E-state index contributed by atoms with van der Waals surface area (Å²) >= 11 is 0. The van der Waals surface area contributed by atoms with E-state index in [1.165, 1.54) is 37.4 Å². The van der Waals surface area contributed by atoms with Crippen molar-refractivity contribution in [2.75, 3.05) is 25.6 Å². The fraction of sp³-hybridized carbons (Fsp3) is 0.300. The molecule has 154 valence electrons. The Kier molecular flexibility index (Phi) is 6.63. The molecule has 3 rings (SSSR count). The van der Waals surface area contributed by atoms with Crippen molar-refractivity contribution in [3.8, 4) is 0 Å². The minimum absolute atomic E-state index is 0.0934. The molecule has 0 bridgehead atoms. The van der Waals surface area contributed by atoms with Crippen LogP contribution in [0.1, 0.15) is 33.6 Å². The number of rotatable bonds is 7. The molecule has 0 aromatic heterocycles. The second-order valence-electron chi connectivity index (χ2n) is 6.54. The van der Waals surface area contributed by atoms with E-state index in [1.807, 2.05) is 0 Å². The molecule has 1 fully saturated rings. The Morgan fingerprint density at radius 3 is 2.52 bits per heavy atom. The predicted molar refractivity (Wildman–Crippen MR) is 106 cm³/mol. The summed E-state index contributed by atoms with van der Waals surface area (Å²) < 4.78 is 37.4. The van der Waals surface area contributed by atoms with Gasteiger partial charge in [-0.05, 0) is 55.3 Å². The van der Waals surface area contributed by atoms with Gasteiger partial charge < -0.3 is 14.8 Å². The molecule has 0 aliphatic carbocycles. The highest BCUT2D eigenvalue weighted by atomic mass is 32.2. The first kappa shape index (κ1) is 21.0. The largest absolute Gasteiger partial charge is 0.465 e. The molecule has 2 N–H and O–H groups in total. The van der Waals surface area contributed by atoms with E-state index in [0.717, 1.165) is 12.8 Å². The minimum atomic E-state index is -3.66. The maximum atomic E-state index is 12.4. The van der Waals surface area contributed by atoms with Crippen molar-refractivity contribution in [2.24, 2.45) is 0 Å². The summed E-state index contributed by atoms with van der Waals surface area (Å²) in [6.45, 7) is 0.890. The molecular weight excluding hydrogens is 396 g/mol. The number of sulfonamides is 1. The van der Waals surface area contributed by atoms with E-state index in [2.05, 4.69) is 14.8 Å². The monoisotopic (exact) mass is 418 g/mol. The van der Waals surface area contributed by atoms with Gasteiger partial charge in [0, 0.05) is 24.4 Å². The number of methoxy groups -OCH3 is 1. The van der Waals surface area contributed by atoms with Crippen LogP contribution in [0.2, 0.25) is 0 Å². The van der Waals surface area contributed by atoms with Crippen molar-refractivity contribution >= 4 is 27.6 Å². The number of amides is 1. The van der Waals surface area contributed by atoms with Crippen LogP contribution in [0.4, 0.5) is 5.69 Å². The first-order valence-electron chi connectivity index (χ1n) is 9.10. The molecular formula is C20H22N2O6S. The highest BCUT2D eigenvalue weighted by Crippen LogP contribution is 2.17. The molecule has 0 saturated carbocycles. The van der Waals surface area contributed by atoms with Crippen LogP contribution >= 0.6 is 0 Å². The van der Waals surface area contributed by atoms with Gasteiger partial charge in [-0.2, -0.15) is 0 Å². The normalized spacial score (nSPS) is 16.4. The summed E-state index contributed by atoms with van der Waals surface area (Å²) in [5, 5.41) is 2.67. The number of hydrogen-bond acceptors (Lipinski definition) is 6. The van der Waals surface area contributed by atoms with Crippen LogP contribution in [-0.4, -0.2) is 46.7 Å². The van der Waals surface area contributed by atoms with E-state index >= 15 is 0 Å². The van der Waals surface area contributed by atoms with Crippen LogP contribution in [0.25, 0.3) is 0 Å². The number of esters is 1. The van der Waals surface area contributed by atoms with E-state index < -0.39 is 21.9 Å². The summed E-state index contributed by atoms with van der Waals surface area (Å²) in [6.07, 6.45) is 1.68. The molecule has 29 heavy (non-hydrogen) atoms.